The van der Waals surface area contributed by atoms with Gasteiger partial charge in [0.1, 0.15) is 6.04 Å². The standard InChI is InChI=1S/C13H19N3O4S/c1-10(11-6-2-4-8-14-11)15-21(19,20)16-9-5-3-7-12(16)13(17)18/h2,4,6,8,10,12,15H,3,5,7,9H2,1H3,(H,17,18)/t10-,12?/m1/s1. The van der Waals surface area contributed by atoms with Crippen LogP contribution < -0.4 is 4.72 Å². The number of nitrogens with zero attached hydrogens (tertiary/aromatic N) is 2. The first kappa shape index (κ1) is 15.9. The third-order valence-electron chi connectivity index (χ3n) is 3.50. The zero-order chi connectivity index (χ0) is 15.5. The number of rotatable bonds is 5. The summed E-state index contributed by atoms with van der Waals surface area (Å²) < 4.78 is 28.4. The normalized spacial score (nSPS) is 21.9. The highest BCUT2D eigenvalue weighted by molar-refractivity contribution is 7.87. The summed E-state index contributed by atoms with van der Waals surface area (Å²) in [6.07, 6.45) is 3.32. The van der Waals surface area contributed by atoms with E-state index in [0.717, 1.165) is 10.7 Å². The smallest absolute Gasteiger partial charge is 0.322 e. The van der Waals surface area contributed by atoms with Gasteiger partial charge in [0.25, 0.3) is 10.2 Å². The van der Waals surface area contributed by atoms with Crippen molar-refractivity contribution >= 4 is 16.2 Å². The van der Waals surface area contributed by atoms with Crippen molar-refractivity contribution in [2.24, 2.45) is 0 Å². The Morgan fingerprint density at radius 3 is 2.86 bits per heavy atom. The van der Waals surface area contributed by atoms with Crippen LogP contribution in [0.5, 0.6) is 0 Å². The van der Waals surface area contributed by atoms with Crippen LogP contribution in [0.15, 0.2) is 24.4 Å². The monoisotopic (exact) mass is 313 g/mol. The van der Waals surface area contributed by atoms with Crippen LogP contribution in [0.2, 0.25) is 0 Å². The van der Waals surface area contributed by atoms with Crippen molar-refractivity contribution in [1.29, 1.82) is 0 Å². The van der Waals surface area contributed by atoms with Gasteiger partial charge in [0.2, 0.25) is 0 Å². The van der Waals surface area contributed by atoms with Gasteiger partial charge in [-0.3, -0.25) is 9.78 Å². The van der Waals surface area contributed by atoms with E-state index in [4.69, 9.17) is 0 Å². The fourth-order valence-corrected chi connectivity index (χ4v) is 4.03. The molecule has 1 saturated heterocycles. The van der Waals surface area contributed by atoms with Gasteiger partial charge in [0.05, 0.1) is 11.7 Å². The van der Waals surface area contributed by atoms with E-state index in [1.807, 2.05) is 0 Å². The molecule has 0 aliphatic carbocycles. The second kappa shape index (κ2) is 6.50. The maximum Gasteiger partial charge on any atom is 0.322 e. The first-order valence-electron chi connectivity index (χ1n) is 6.84. The van der Waals surface area contributed by atoms with Gasteiger partial charge in [-0.1, -0.05) is 6.07 Å². The molecule has 0 bridgehead atoms. The summed E-state index contributed by atoms with van der Waals surface area (Å²) in [5.41, 5.74) is 0.588. The van der Waals surface area contributed by atoms with Gasteiger partial charge in [0, 0.05) is 12.7 Å². The van der Waals surface area contributed by atoms with Gasteiger partial charge in [-0.25, -0.2) is 0 Å². The van der Waals surface area contributed by atoms with E-state index in [0.29, 0.717) is 18.5 Å². The number of carbonyl (C=O) groups is 1. The fourth-order valence-electron chi connectivity index (χ4n) is 2.42. The summed E-state index contributed by atoms with van der Waals surface area (Å²) in [6, 6.07) is 3.72. The first-order chi connectivity index (χ1) is 9.92. The van der Waals surface area contributed by atoms with Crippen LogP contribution in [-0.2, 0) is 15.0 Å². The average Bonchev–Trinajstić information content (AvgIpc) is 2.47. The molecule has 116 valence electrons. The molecule has 0 saturated carbocycles. The third kappa shape index (κ3) is 3.78. The quantitative estimate of drug-likeness (QED) is 0.842. The summed E-state index contributed by atoms with van der Waals surface area (Å²) in [4.78, 5) is 15.3. The lowest BCUT2D eigenvalue weighted by Crippen LogP contribution is -2.52. The van der Waals surface area contributed by atoms with Gasteiger partial charge in [0.15, 0.2) is 0 Å². The molecule has 1 unspecified atom stereocenters. The van der Waals surface area contributed by atoms with Crippen molar-refractivity contribution in [3.8, 4) is 0 Å². The molecule has 2 N–H and O–H groups in total. The van der Waals surface area contributed by atoms with E-state index in [1.54, 1.807) is 31.3 Å². The second-order valence-electron chi connectivity index (χ2n) is 5.06. The molecular weight excluding hydrogens is 294 g/mol. The van der Waals surface area contributed by atoms with Gasteiger partial charge < -0.3 is 5.11 Å². The number of pyridine rings is 1. The predicted octanol–water partition coefficient (Wildman–Crippen LogP) is 0.916. The molecule has 0 spiro atoms. The molecular formula is C13H19N3O4S. The molecule has 2 atom stereocenters. The highest BCUT2D eigenvalue weighted by atomic mass is 32.2. The maximum atomic E-state index is 12.4. The van der Waals surface area contributed by atoms with Crippen LogP contribution in [0.1, 0.15) is 37.9 Å². The predicted molar refractivity (Wildman–Crippen MR) is 76.7 cm³/mol. The van der Waals surface area contributed by atoms with Crippen LogP contribution in [0, 0.1) is 0 Å². The largest absolute Gasteiger partial charge is 0.480 e. The Labute approximate surface area is 124 Å². The molecule has 0 radical (unpaired) electrons. The molecule has 8 heteroatoms. The topological polar surface area (TPSA) is 99.6 Å². The summed E-state index contributed by atoms with van der Waals surface area (Å²) in [5, 5.41) is 9.18. The number of nitrogens with one attached hydrogen (secondary N) is 1. The van der Waals surface area contributed by atoms with Gasteiger partial charge in [-0.15, -0.1) is 0 Å². The lowest BCUT2D eigenvalue weighted by atomic mass is 10.1. The Balaban J connectivity index is 2.15. The van der Waals surface area contributed by atoms with Crippen molar-refractivity contribution in [2.45, 2.75) is 38.3 Å². The fraction of sp³-hybridized carbons (Fsp3) is 0.538. The van der Waals surface area contributed by atoms with E-state index >= 15 is 0 Å². The number of aromatic nitrogens is 1. The lowest BCUT2D eigenvalue weighted by molar-refractivity contribution is -0.142. The number of aliphatic carboxylic acids is 1. The van der Waals surface area contributed by atoms with Crippen LogP contribution in [0.4, 0.5) is 0 Å². The average molecular weight is 313 g/mol. The van der Waals surface area contributed by atoms with Crippen molar-refractivity contribution in [1.82, 2.24) is 14.0 Å². The van der Waals surface area contributed by atoms with E-state index in [2.05, 4.69) is 9.71 Å². The summed E-state index contributed by atoms with van der Waals surface area (Å²) in [5.74, 6) is -1.11. The Hall–Kier alpha value is -1.51. The van der Waals surface area contributed by atoms with Crippen molar-refractivity contribution < 1.29 is 18.3 Å². The van der Waals surface area contributed by atoms with Gasteiger partial charge >= 0.3 is 5.97 Å². The number of piperidine rings is 1. The second-order valence-corrected chi connectivity index (χ2v) is 6.71. The number of hydrogen-bond acceptors (Lipinski definition) is 4. The van der Waals surface area contributed by atoms with Crippen LogP contribution >= 0.6 is 0 Å². The summed E-state index contributed by atoms with van der Waals surface area (Å²) in [6.45, 7) is 1.90. The van der Waals surface area contributed by atoms with E-state index < -0.39 is 28.3 Å². The van der Waals surface area contributed by atoms with E-state index in [9.17, 15) is 18.3 Å². The maximum absolute atomic E-state index is 12.4. The van der Waals surface area contributed by atoms with E-state index in [1.165, 1.54) is 0 Å². The van der Waals surface area contributed by atoms with Crippen LogP contribution in [0.3, 0.4) is 0 Å². The molecule has 1 aliphatic rings. The molecule has 21 heavy (non-hydrogen) atoms. The zero-order valence-electron chi connectivity index (χ0n) is 11.8. The van der Waals surface area contributed by atoms with Crippen LogP contribution in [-0.4, -0.2) is 41.4 Å². The van der Waals surface area contributed by atoms with Crippen molar-refractivity contribution in [3.63, 3.8) is 0 Å². The molecule has 2 heterocycles. The minimum atomic E-state index is -3.86. The van der Waals surface area contributed by atoms with Crippen molar-refractivity contribution in [2.75, 3.05) is 6.54 Å². The molecule has 0 amide bonds. The molecule has 2 rings (SSSR count). The zero-order valence-corrected chi connectivity index (χ0v) is 12.6. The first-order valence-corrected chi connectivity index (χ1v) is 8.28. The van der Waals surface area contributed by atoms with E-state index in [-0.39, 0.29) is 6.54 Å². The number of hydrogen-bond donors (Lipinski definition) is 2. The Morgan fingerprint density at radius 1 is 1.48 bits per heavy atom. The molecule has 1 aliphatic heterocycles. The molecule has 0 aromatic carbocycles. The summed E-state index contributed by atoms with van der Waals surface area (Å²) in [7, 11) is -3.86. The minimum Gasteiger partial charge on any atom is -0.480 e. The molecule has 1 aromatic rings. The third-order valence-corrected chi connectivity index (χ3v) is 5.21. The molecule has 7 nitrogen and oxygen atoms in total. The Bertz CT molecular complexity index is 591. The summed E-state index contributed by atoms with van der Waals surface area (Å²) >= 11 is 0. The molecule has 1 aromatic heterocycles. The SMILES string of the molecule is C[C@@H](NS(=O)(=O)N1CCCCC1C(=O)O)c1ccccn1. The molecule has 1 fully saturated rings. The Kier molecular flexibility index (Phi) is 4.92. The van der Waals surface area contributed by atoms with Gasteiger partial charge in [-0.2, -0.15) is 17.4 Å². The minimum absolute atomic E-state index is 0.223. The van der Waals surface area contributed by atoms with Crippen molar-refractivity contribution in [3.05, 3.63) is 30.1 Å². The van der Waals surface area contributed by atoms with Crippen LogP contribution in [0.25, 0.3) is 0 Å². The number of carboxylic acids is 1. The highest BCUT2D eigenvalue weighted by Gasteiger charge is 2.37. The number of carboxylic acid groups (broad SMARTS) is 1. The lowest BCUT2D eigenvalue weighted by Gasteiger charge is -2.32. The van der Waals surface area contributed by atoms with Gasteiger partial charge in [-0.05, 0) is 38.3 Å². The highest BCUT2D eigenvalue weighted by Crippen LogP contribution is 2.21. The Morgan fingerprint density at radius 2 is 2.24 bits per heavy atom.